The highest BCUT2D eigenvalue weighted by atomic mass is 28.1. The Balaban J connectivity index is 0. The number of esters is 1. The Labute approximate surface area is 53.6 Å². The van der Waals surface area contributed by atoms with Gasteiger partial charge >= 0.3 is 5.97 Å². The number of methoxy groups -OCH3 is 1. The first-order valence-corrected chi connectivity index (χ1v) is 1.92. The van der Waals surface area contributed by atoms with Crippen molar-refractivity contribution in [2.45, 2.75) is 6.92 Å². The predicted molar refractivity (Wildman–Crippen MR) is 38.2 cm³/mol. The molecular formula is C5H12O2Si. The normalized spacial score (nSPS) is 6.75. The second-order valence-electron chi connectivity index (χ2n) is 1.27. The molecule has 0 atom stereocenters. The molecule has 0 N–H and O–H groups in total. The number of carbonyl (C=O) groups is 1. The summed E-state index contributed by atoms with van der Waals surface area (Å²) in [5.74, 6) is -0.347. The van der Waals surface area contributed by atoms with Gasteiger partial charge in [0.05, 0.1) is 7.11 Å². The van der Waals surface area contributed by atoms with Crippen LogP contribution >= 0.6 is 0 Å². The average Bonchev–Trinajstić information content (AvgIpc) is 1.65. The van der Waals surface area contributed by atoms with Crippen molar-refractivity contribution in [1.29, 1.82) is 0 Å². The zero-order chi connectivity index (χ0) is 5.86. The molecule has 8 heavy (non-hydrogen) atoms. The van der Waals surface area contributed by atoms with Crippen LogP contribution in [0.2, 0.25) is 0 Å². The number of hydrogen-bond acceptors (Lipinski definition) is 2. The van der Waals surface area contributed by atoms with Gasteiger partial charge in [-0.05, 0) is 17.9 Å². The van der Waals surface area contributed by atoms with Gasteiger partial charge in [0.25, 0.3) is 0 Å². The van der Waals surface area contributed by atoms with E-state index in [9.17, 15) is 4.79 Å². The zero-order valence-electron chi connectivity index (χ0n) is 4.52. The maximum absolute atomic E-state index is 10.2. The molecule has 0 rings (SSSR count). The second-order valence-corrected chi connectivity index (χ2v) is 1.27. The van der Waals surface area contributed by atoms with Gasteiger partial charge in [-0.15, -0.1) is 0 Å². The molecular weight excluding hydrogens is 120 g/mol. The number of ether oxygens (including phenoxy) is 1. The first-order valence-electron chi connectivity index (χ1n) is 1.92. The summed E-state index contributed by atoms with van der Waals surface area (Å²) in [6, 6.07) is 0. The van der Waals surface area contributed by atoms with Crippen LogP contribution in [0.25, 0.3) is 0 Å². The van der Waals surface area contributed by atoms with E-state index in [1.54, 1.807) is 6.92 Å². The van der Waals surface area contributed by atoms with E-state index in [1.165, 1.54) is 7.11 Å². The predicted octanol–water partition coefficient (Wildman–Crippen LogP) is -0.716. The van der Waals surface area contributed by atoms with Crippen molar-refractivity contribution in [2.24, 2.45) is 0 Å². The molecule has 0 amide bonds. The fourth-order valence-electron chi connectivity index (χ4n) is 0.174. The molecule has 0 heterocycles. The first-order chi connectivity index (χ1) is 3.18. The van der Waals surface area contributed by atoms with Crippen molar-refractivity contribution in [3.05, 3.63) is 12.2 Å². The van der Waals surface area contributed by atoms with Crippen molar-refractivity contribution in [2.75, 3.05) is 7.11 Å². The van der Waals surface area contributed by atoms with E-state index in [0.29, 0.717) is 5.57 Å². The summed E-state index contributed by atoms with van der Waals surface area (Å²) in [7, 11) is 1.33. The standard InChI is InChI=1S/C5H8O2.H4Si/c1-4(2)5(6)7-3;/h1H2,2-3H3;1H4. The summed E-state index contributed by atoms with van der Waals surface area (Å²) in [6.07, 6.45) is 0. The highest BCUT2D eigenvalue weighted by molar-refractivity contribution is 5.86. The molecule has 0 radical (unpaired) electrons. The molecule has 0 bridgehead atoms. The minimum absolute atomic E-state index is 0. The topological polar surface area (TPSA) is 26.3 Å². The zero-order valence-corrected chi connectivity index (χ0v) is 4.52. The quantitative estimate of drug-likeness (QED) is 0.267. The molecule has 0 unspecified atom stereocenters. The molecule has 0 aliphatic rings. The molecule has 0 aromatic rings. The second kappa shape index (κ2) is 4.58. The molecule has 0 spiro atoms. The Kier molecular flexibility index (Phi) is 5.97. The maximum atomic E-state index is 10.2. The summed E-state index contributed by atoms with van der Waals surface area (Å²) < 4.78 is 4.27. The summed E-state index contributed by atoms with van der Waals surface area (Å²) in [5.41, 5.74) is 0.433. The van der Waals surface area contributed by atoms with Crippen molar-refractivity contribution >= 4 is 16.9 Å². The third-order valence-electron chi connectivity index (χ3n) is 0.534. The van der Waals surface area contributed by atoms with Crippen LogP contribution in [0.15, 0.2) is 12.2 Å². The summed E-state index contributed by atoms with van der Waals surface area (Å²) >= 11 is 0. The van der Waals surface area contributed by atoms with Gasteiger partial charge in [0.15, 0.2) is 0 Å². The van der Waals surface area contributed by atoms with Crippen LogP contribution in [0.3, 0.4) is 0 Å². The van der Waals surface area contributed by atoms with Crippen LogP contribution in [0.5, 0.6) is 0 Å². The lowest BCUT2D eigenvalue weighted by atomic mass is 10.4. The minimum Gasteiger partial charge on any atom is -0.466 e. The molecule has 0 saturated carbocycles. The SMILES string of the molecule is C=C(C)C(=O)OC.[SiH4]. The van der Waals surface area contributed by atoms with E-state index in [0.717, 1.165) is 0 Å². The van der Waals surface area contributed by atoms with Crippen molar-refractivity contribution in [1.82, 2.24) is 0 Å². The Morgan fingerprint density at radius 1 is 1.62 bits per heavy atom. The van der Waals surface area contributed by atoms with E-state index in [1.807, 2.05) is 0 Å². The van der Waals surface area contributed by atoms with Gasteiger partial charge in [-0.3, -0.25) is 0 Å². The number of rotatable bonds is 1. The molecule has 2 nitrogen and oxygen atoms in total. The fraction of sp³-hybridized carbons (Fsp3) is 0.400. The van der Waals surface area contributed by atoms with E-state index in [2.05, 4.69) is 11.3 Å². The third kappa shape index (κ3) is 3.61. The van der Waals surface area contributed by atoms with Gasteiger partial charge in [0, 0.05) is 5.57 Å². The first kappa shape index (κ1) is 10.4. The van der Waals surface area contributed by atoms with Crippen molar-refractivity contribution in [3.8, 4) is 0 Å². The maximum Gasteiger partial charge on any atom is 0.332 e. The van der Waals surface area contributed by atoms with Crippen LogP contribution in [0.4, 0.5) is 0 Å². The number of carbonyl (C=O) groups excluding carboxylic acids is 1. The summed E-state index contributed by atoms with van der Waals surface area (Å²) in [4.78, 5) is 10.2. The van der Waals surface area contributed by atoms with E-state index < -0.39 is 0 Å². The molecule has 0 fully saturated rings. The fourth-order valence-corrected chi connectivity index (χ4v) is 0.174. The smallest absolute Gasteiger partial charge is 0.332 e. The van der Waals surface area contributed by atoms with Crippen LogP contribution in [0, 0.1) is 0 Å². The Bertz CT molecular complexity index is 98.6. The molecule has 0 aromatic heterocycles. The van der Waals surface area contributed by atoms with E-state index in [4.69, 9.17) is 0 Å². The lowest BCUT2D eigenvalue weighted by Gasteiger charge is -1.91. The molecule has 0 aromatic carbocycles. The van der Waals surface area contributed by atoms with Crippen molar-refractivity contribution in [3.63, 3.8) is 0 Å². The van der Waals surface area contributed by atoms with Gasteiger partial charge in [-0.2, -0.15) is 0 Å². The van der Waals surface area contributed by atoms with Gasteiger partial charge in [-0.1, -0.05) is 6.58 Å². The lowest BCUT2D eigenvalue weighted by Crippen LogP contribution is -1.98. The van der Waals surface area contributed by atoms with E-state index >= 15 is 0 Å². The van der Waals surface area contributed by atoms with Crippen LogP contribution < -0.4 is 0 Å². The molecule has 3 heteroatoms. The molecule has 0 aliphatic carbocycles. The Morgan fingerprint density at radius 2 is 2.00 bits per heavy atom. The number of hydrogen-bond donors (Lipinski definition) is 0. The minimum atomic E-state index is -0.347. The highest BCUT2D eigenvalue weighted by Crippen LogP contribution is 1.87. The largest absolute Gasteiger partial charge is 0.466 e. The van der Waals surface area contributed by atoms with E-state index in [-0.39, 0.29) is 16.9 Å². The van der Waals surface area contributed by atoms with Crippen LogP contribution in [0.1, 0.15) is 6.92 Å². The van der Waals surface area contributed by atoms with Crippen molar-refractivity contribution < 1.29 is 9.53 Å². The Hall–Kier alpha value is -0.573. The molecule has 0 saturated heterocycles. The van der Waals surface area contributed by atoms with Gasteiger partial charge < -0.3 is 4.74 Å². The highest BCUT2D eigenvalue weighted by Gasteiger charge is 1.95. The van der Waals surface area contributed by atoms with Crippen LogP contribution in [-0.4, -0.2) is 24.0 Å². The third-order valence-corrected chi connectivity index (χ3v) is 0.534. The summed E-state index contributed by atoms with van der Waals surface area (Å²) in [5, 5.41) is 0. The van der Waals surface area contributed by atoms with Crippen LogP contribution in [-0.2, 0) is 9.53 Å². The summed E-state index contributed by atoms with van der Waals surface area (Å²) in [6.45, 7) is 4.95. The molecule has 48 valence electrons. The Morgan fingerprint density at radius 3 is 2.00 bits per heavy atom. The van der Waals surface area contributed by atoms with Gasteiger partial charge in [0.1, 0.15) is 0 Å². The van der Waals surface area contributed by atoms with Gasteiger partial charge in [-0.25, -0.2) is 4.79 Å². The average molecular weight is 132 g/mol. The lowest BCUT2D eigenvalue weighted by molar-refractivity contribution is -0.135. The van der Waals surface area contributed by atoms with Gasteiger partial charge in [0.2, 0.25) is 0 Å². The monoisotopic (exact) mass is 132 g/mol. The molecule has 0 aliphatic heterocycles.